The summed E-state index contributed by atoms with van der Waals surface area (Å²) in [6, 6.07) is 0. The Bertz CT molecular complexity index is 3.25. The summed E-state index contributed by atoms with van der Waals surface area (Å²) >= 11 is 0. The van der Waals surface area contributed by atoms with Crippen molar-refractivity contribution in [2.45, 2.75) is 0 Å². The molecule has 0 heterocycles. The molecule has 0 N–H and O–H groups in total. The second kappa shape index (κ2) is 17.3. The Balaban J connectivity index is 0. The molecule has 4 heavy (non-hydrogen) atoms. The summed E-state index contributed by atoms with van der Waals surface area (Å²) in [5.41, 5.74) is 0. The smallest absolute Gasteiger partial charge is 0 e. The van der Waals surface area contributed by atoms with Crippen LogP contribution in [0.2, 0.25) is 0 Å². The average molecular weight is 315 g/mol. The van der Waals surface area contributed by atoms with Crippen molar-refractivity contribution in [3.63, 3.8) is 0 Å². The summed E-state index contributed by atoms with van der Waals surface area (Å²) in [5.74, 6) is 0. The molecule has 0 unspecified atom stereocenters. The zero-order valence-electron chi connectivity index (χ0n) is 1.53. The number of hydrogen-bond donors (Lipinski definition) is 0. The van der Waals surface area contributed by atoms with Gasteiger partial charge in [0.2, 0.25) is 0 Å². The predicted octanol–water partition coefficient (Wildman–Crippen LogP) is -0.00750. The molecule has 0 amide bonds. The van der Waals surface area contributed by atoms with Crippen LogP contribution in [0.1, 0.15) is 0 Å². The fraction of sp³-hybridized carbons (Fsp3) is 0. The van der Waals surface area contributed by atoms with Crippen LogP contribution >= 0.6 is 0 Å². The van der Waals surface area contributed by atoms with Gasteiger partial charge in [-0.25, -0.2) is 0 Å². The zero-order valence-corrected chi connectivity index (χ0v) is 8.11. The van der Waals surface area contributed by atoms with E-state index >= 15 is 0 Å². The van der Waals surface area contributed by atoms with E-state index in [1.54, 1.807) is 0 Å². The number of rotatable bonds is 0. The molecular weight excluding hydrogens is 315 g/mol. The Labute approximate surface area is 83.6 Å². The van der Waals surface area contributed by atoms with Crippen LogP contribution in [-0.2, 0) is 49.5 Å². The van der Waals surface area contributed by atoms with Crippen LogP contribution in [-0.4, -0.2) is 0 Å². The van der Waals surface area contributed by atoms with Gasteiger partial charge in [0, 0.05) is 85.1 Å². The first-order valence-electron chi connectivity index (χ1n) is 0. The first-order valence-corrected chi connectivity index (χ1v) is 0. The van der Waals surface area contributed by atoms with E-state index in [0.717, 1.165) is 0 Å². The van der Waals surface area contributed by atoms with Crippen LogP contribution in [0.15, 0.2) is 0 Å². The van der Waals surface area contributed by atoms with Crippen molar-refractivity contribution in [2.24, 2.45) is 0 Å². The fourth-order valence-electron chi connectivity index (χ4n) is 0. The van der Waals surface area contributed by atoms with E-state index in [4.69, 9.17) is 0 Å². The monoisotopic (exact) mass is 313 g/mol. The zero-order chi connectivity index (χ0) is 0. The molecule has 0 spiro atoms. The van der Waals surface area contributed by atoms with Crippen LogP contribution in [0.5, 0.6) is 0 Å². The topological polar surface area (TPSA) is 0 Å². The van der Waals surface area contributed by atoms with Gasteiger partial charge in [-0.05, 0) is 0 Å². The fourth-order valence-corrected chi connectivity index (χ4v) is 0. The molecule has 0 fully saturated rings. The minimum Gasteiger partial charge on any atom is 0 e. The molecule has 0 aliphatic carbocycles. The summed E-state index contributed by atoms with van der Waals surface area (Å²) in [5, 5.41) is 0. The van der Waals surface area contributed by atoms with Gasteiger partial charge in [0.25, 0.3) is 0 Å². The Hall–Kier alpha value is 2.68. The van der Waals surface area contributed by atoms with E-state index in [1.165, 1.54) is 0 Å². The summed E-state index contributed by atoms with van der Waals surface area (Å²) < 4.78 is 0. The van der Waals surface area contributed by atoms with Crippen LogP contribution in [0, 0.1) is 35.6 Å². The van der Waals surface area contributed by atoms with E-state index in [-0.39, 0.29) is 85.1 Å². The van der Waals surface area contributed by atoms with Gasteiger partial charge in [-0.1, -0.05) is 0 Å². The molecule has 33 valence electrons. The Morgan fingerprint density at radius 2 is 0.500 bits per heavy atom. The van der Waals surface area contributed by atoms with Gasteiger partial charge in [-0.15, -0.1) is 0 Å². The second-order valence-corrected chi connectivity index (χ2v) is 0. The quantitative estimate of drug-likeness (QED) is 0.552. The van der Waals surface area contributed by atoms with Crippen LogP contribution in [0.4, 0.5) is 0 Å². The molecule has 0 aromatic rings. The summed E-state index contributed by atoms with van der Waals surface area (Å²) in [6.45, 7) is 0. The predicted molar refractivity (Wildman–Crippen MR) is 0 cm³/mol. The van der Waals surface area contributed by atoms with E-state index in [0.29, 0.717) is 0 Å². The molecule has 0 bridgehead atoms. The Kier molecular flexibility index (Phi) is 130. The van der Waals surface area contributed by atoms with Crippen molar-refractivity contribution in [1.82, 2.24) is 0 Å². The van der Waals surface area contributed by atoms with E-state index < -0.39 is 0 Å². The minimum atomic E-state index is 0. The second-order valence-electron chi connectivity index (χ2n) is 0. The van der Waals surface area contributed by atoms with Crippen molar-refractivity contribution in [3.05, 3.63) is 0 Å². The maximum Gasteiger partial charge on any atom is 0 e. The molecule has 0 aliphatic heterocycles. The molecule has 0 atom stereocenters. The average Bonchev–Trinajstić information content (AvgIpc) is 0. The molecular formula is LaNi3. The van der Waals surface area contributed by atoms with Gasteiger partial charge in [0.1, 0.15) is 0 Å². The summed E-state index contributed by atoms with van der Waals surface area (Å²) in [7, 11) is 0. The van der Waals surface area contributed by atoms with Crippen molar-refractivity contribution in [2.75, 3.05) is 0 Å². The van der Waals surface area contributed by atoms with Crippen molar-refractivity contribution < 1.29 is 85.1 Å². The normalized spacial score (nSPS) is 0. The van der Waals surface area contributed by atoms with E-state index in [9.17, 15) is 0 Å². The van der Waals surface area contributed by atoms with Crippen molar-refractivity contribution in [1.29, 1.82) is 0 Å². The Morgan fingerprint density at radius 3 is 0.500 bits per heavy atom. The van der Waals surface area contributed by atoms with Crippen LogP contribution < -0.4 is 0 Å². The third-order valence-corrected chi connectivity index (χ3v) is 0. The first-order chi connectivity index (χ1) is 0. The van der Waals surface area contributed by atoms with Gasteiger partial charge in [0.15, 0.2) is 0 Å². The van der Waals surface area contributed by atoms with E-state index in [1.807, 2.05) is 0 Å². The molecule has 0 saturated carbocycles. The van der Waals surface area contributed by atoms with Gasteiger partial charge < -0.3 is 0 Å². The molecule has 0 nitrogen and oxygen atoms in total. The summed E-state index contributed by atoms with van der Waals surface area (Å²) in [6.07, 6.45) is 0. The van der Waals surface area contributed by atoms with Crippen LogP contribution in [0.3, 0.4) is 0 Å². The van der Waals surface area contributed by atoms with Crippen molar-refractivity contribution >= 4 is 0 Å². The van der Waals surface area contributed by atoms with Gasteiger partial charge >= 0.3 is 0 Å². The molecule has 1 radical (unpaired) electrons. The number of hydrogen-bond acceptors (Lipinski definition) is 0. The molecule has 4 heteroatoms. The molecule has 0 rings (SSSR count). The minimum absolute atomic E-state index is 0. The molecule has 0 aromatic heterocycles. The standard InChI is InChI=1S/La.3Ni. The Morgan fingerprint density at radius 1 is 0.500 bits per heavy atom. The van der Waals surface area contributed by atoms with Gasteiger partial charge in [-0.2, -0.15) is 0 Å². The maximum atomic E-state index is 0. The van der Waals surface area contributed by atoms with Crippen molar-refractivity contribution in [3.8, 4) is 0 Å². The summed E-state index contributed by atoms with van der Waals surface area (Å²) in [4.78, 5) is 0. The third-order valence-electron chi connectivity index (χ3n) is 0. The maximum absolute atomic E-state index is 0. The largest absolute Gasteiger partial charge is 0 e. The molecule has 0 saturated heterocycles. The first kappa shape index (κ1) is 30.0. The van der Waals surface area contributed by atoms with Gasteiger partial charge in [-0.3, -0.25) is 0 Å². The van der Waals surface area contributed by atoms with Crippen LogP contribution in [0.25, 0.3) is 0 Å². The van der Waals surface area contributed by atoms with E-state index in [2.05, 4.69) is 0 Å². The third kappa shape index (κ3) is 8.82. The SMILES string of the molecule is [La].[Ni].[Ni].[Ni]. The molecule has 0 aromatic carbocycles. The molecule has 0 aliphatic rings. The van der Waals surface area contributed by atoms with Gasteiger partial charge in [0.05, 0.1) is 0 Å².